The molecule has 10 N–H and O–H groups in total. The first-order valence-corrected chi connectivity index (χ1v) is 10.6. The molecule has 1 aliphatic rings. The molecule has 1 saturated heterocycles. The minimum Gasteiger partial charge on any atom is -0.481 e. The van der Waals surface area contributed by atoms with Gasteiger partial charge in [0.05, 0.1) is 12.5 Å². The molecule has 0 radical (unpaired) electrons. The Labute approximate surface area is 194 Å². The van der Waals surface area contributed by atoms with Gasteiger partial charge in [0.1, 0.15) is 18.1 Å². The first-order valence-electron chi connectivity index (χ1n) is 10.6. The Morgan fingerprint density at radius 2 is 1.41 bits per heavy atom. The summed E-state index contributed by atoms with van der Waals surface area (Å²) in [6.07, 6.45) is -0.965. The third-order valence-corrected chi connectivity index (χ3v) is 4.99. The number of rotatable bonds is 15. The van der Waals surface area contributed by atoms with Crippen molar-refractivity contribution in [2.75, 3.05) is 6.54 Å². The molecule has 0 bridgehead atoms. The Bertz CT molecular complexity index is 812. The van der Waals surface area contributed by atoms with Crippen molar-refractivity contribution >= 4 is 41.5 Å². The van der Waals surface area contributed by atoms with Gasteiger partial charge in [-0.25, -0.2) is 4.79 Å². The summed E-state index contributed by atoms with van der Waals surface area (Å²) in [6, 6.07) is -5.05. The van der Waals surface area contributed by atoms with Gasteiger partial charge in [-0.2, -0.15) is 0 Å². The van der Waals surface area contributed by atoms with E-state index in [1.165, 1.54) is 0 Å². The van der Waals surface area contributed by atoms with Crippen LogP contribution in [-0.4, -0.2) is 82.4 Å². The topological polar surface area (TPSA) is 260 Å². The van der Waals surface area contributed by atoms with Crippen molar-refractivity contribution in [3.8, 4) is 0 Å². The zero-order chi connectivity index (χ0) is 25.8. The predicted octanol–water partition coefficient (Wildman–Crippen LogP) is -3.72. The molecule has 1 fully saturated rings. The Morgan fingerprint density at radius 3 is 1.91 bits per heavy atom. The van der Waals surface area contributed by atoms with Crippen molar-refractivity contribution in [3.05, 3.63) is 0 Å². The minimum absolute atomic E-state index is 0.320. The van der Waals surface area contributed by atoms with E-state index in [-0.39, 0.29) is 12.8 Å². The maximum absolute atomic E-state index is 12.8. The molecule has 0 spiro atoms. The Morgan fingerprint density at radius 1 is 0.824 bits per heavy atom. The molecular formula is C19H30N6O9. The van der Waals surface area contributed by atoms with Crippen LogP contribution in [0.15, 0.2) is 0 Å². The molecule has 5 amide bonds. The monoisotopic (exact) mass is 486 g/mol. The Balaban J connectivity index is 2.95. The van der Waals surface area contributed by atoms with Gasteiger partial charge in [0.15, 0.2) is 0 Å². The number of aliphatic carboxylic acids is 2. The highest BCUT2D eigenvalue weighted by atomic mass is 16.4. The average molecular weight is 486 g/mol. The number of carbonyl (C=O) groups excluding carboxylic acids is 5. The van der Waals surface area contributed by atoms with Gasteiger partial charge < -0.3 is 42.9 Å². The van der Waals surface area contributed by atoms with Crippen LogP contribution in [0.2, 0.25) is 0 Å². The van der Waals surface area contributed by atoms with Gasteiger partial charge in [-0.3, -0.25) is 28.8 Å². The summed E-state index contributed by atoms with van der Waals surface area (Å²) >= 11 is 0. The maximum Gasteiger partial charge on any atom is 0.326 e. The fourth-order valence-corrected chi connectivity index (χ4v) is 3.22. The van der Waals surface area contributed by atoms with Crippen molar-refractivity contribution in [1.82, 2.24) is 21.3 Å². The quantitative estimate of drug-likeness (QED) is 0.112. The fourth-order valence-electron chi connectivity index (χ4n) is 3.22. The van der Waals surface area contributed by atoms with E-state index in [4.69, 9.17) is 16.6 Å². The molecule has 0 aromatic heterocycles. The van der Waals surface area contributed by atoms with Gasteiger partial charge >= 0.3 is 11.9 Å². The molecular weight excluding hydrogens is 456 g/mol. The number of carbonyl (C=O) groups is 7. The summed E-state index contributed by atoms with van der Waals surface area (Å²) in [7, 11) is 0. The first-order chi connectivity index (χ1) is 15.9. The van der Waals surface area contributed by atoms with Gasteiger partial charge in [-0.15, -0.1) is 0 Å². The summed E-state index contributed by atoms with van der Waals surface area (Å²) in [5, 5.41) is 27.7. The van der Waals surface area contributed by atoms with Crippen LogP contribution < -0.4 is 32.7 Å². The highest BCUT2D eigenvalue weighted by Crippen LogP contribution is 2.07. The van der Waals surface area contributed by atoms with E-state index in [2.05, 4.69) is 21.3 Å². The second-order valence-corrected chi connectivity index (χ2v) is 7.78. The molecule has 1 aliphatic heterocycles. The third-order valence-electron chi connectivity index (χ3n) is 4.99. The molecule has 4 unspecified atom stereocenters. The zero-order valence-electron chi connectivity index (χ0n) is 18.4. The summed E-state index contributed by atoms with van der Waals surface area (Å²) in [6.45, 7) is 0.604. The number of carboxylic acid groups (broad SMARTS) is 2. The van der Waals surface area contributed by atoms with Crippen LogP contribution in [0.25, 0.3) is 0 Å². The van der Waals surface area contributed by atoms with Crippen LogP contribution in [-0.2, 0) is 33.6 Å². The number of nitrogens with one attached hydrogen (secondary N) is 4. The van der Waals surface area contributed by atoms with Crippen LogP contribution in [0.5, 0.6) is 0 Å². The number of carboxylic acids is 2. The smallest absolute Gasteiger partial charge is 0.326 e. The summed E-state index contributed by atoms with van der Waals surface area (Å²) in [4.78, 5) is 82.5. The standard InChI is InChI=1S/C19H30N6O9/c20-13(26)5-3-10(17(31)24-11(19(33)34)4-6-15(28)29)23-18(32)12(8-14(21)27)25-16(30)9-2-1-7-22-9/h9-12,22H,1-8H2,(H2,20,26)(H2,21,27)(H,23,32)(H,24,31)(H,25,30)(H,28,29)(H,33,34). The number of nitrogens with two attached hydrogens (primary N) is 2. The van der Waals surface area contributed by atoms with Crippen molar-refractivity contribution < 1.29 is 43.8 Å². The van der Waals surface area contributed by atoms with Gasteiger partial charge in [0.2, 0.25) is 29.5 Å². The van der Waals surface area contributed by atoms with Crippen molar-refractivity contribution in [1.29, 1.82) is 0 Å². The predicted molar refractivity (Wildman–Crippen MR) is 114 cm³/mol. The Kier molecular flexibility index (Phi) is 11.4. The van der Waals surface area contributed by atoms with E-state index in [0.717, 1.165) is 6.42 Å². The van der Waals surface area contributed by atoms with Crippen molar-refractivity contribution in [3.63, 3.8) is 0 Å². The molecule has 4 atom stereocenters. The minimum atomic E-state index is -1.58. The third kappa shape index (κ3) is 10.2. The van der Waals surface area contributed by atoms with E-state index in [1.807, 2.05) is 0 Å². The van der Waals surface area contributed by atoms with E-state index in [0.29, 0.717) is 13.0 Å². The summed E-state index contributed by atoms with van der Waals surface area (Å²) < 4.78 is 0. The zero-order valence-corrected chi connectivity index (χ0v) is 18.4. The van der Waals surface area contributed by atoms with Crippen molar-refractivity contribution in [2.45, 2.75) is 69.1 Å². The lowest BCUT2D eigenvalue weighted by Gasteiger charge is -2.24. The molecule has 34 heavy (non-hydrogen) atoms. The van der Waals surface area contributed by atoms with Gasteiger partial charge in [0.25, 0.3) is 0 Å². The summed E-state index contributed by atoms with van der Waals surface area (Å²) in [5.41, 5.74) is 10.3. The van der Waals surface area contributed by atoms with Crippen LogP contribution >= 0.6 is 0 Å². The molecule has 0 aromatic carbocycles. The number of primary amides is 2. The van der Waals surface area contributed by atoms with E-state index in [9.17, 15) is 38.7 Å². The molecule has 0 aliphatic carbocycles. The van der Waals surface area contributed by atoms with E-state index < -0.39 is 84.9 Å². The van der Waals surface area contributed by atoms with Gasteiger partial charge in [0, 0.05) is 12.8 Å². The van der Waals surface area contributed by atoms with Crippen LogP contribution in [0, 0.1) is 0 Å². The lowest BCUT2D eigenvalue weighted by atomic mass is 10.1. The fraction of sp³-hybridized carbons (Fsp3) is 0.632. The van der Waals surface area contributed by atoms with E-state index >= 15 is 0 Å². The SMILES string of the molecule is NC(=O)CCC(NC(=O)C(CC(N)=O)NC(=O)C1CCCN1)C(=O)NC(CCC(=O)O)C(=O)O. The molecule has 1 heterocycles. The van der Waals surface area contributed by atoms with Gasteiger partial charge in [-0.1, -0.05) is 0 Å². The second-order valence-electron chi connectivity index (χ2n) is 7.78. The molecule has 15 nitrogen and oxygen atoms in total. The number of hydrogen-bond donors (Lipinski definition) is 8. The lowest BCUT2D eigenvalue weighted by Crippen LogP contribution is -2.57. The molecule has 0 aromatic rings. The highest BCUT2D eigenvalue weighted by molar-refractivity contribution is 5.96. The normalized spacial score (nSPS) is 17.6. The summed E-state index contributed by atoms with van der Waals surface area (Å²) in [5.74, 6) is -7.02. The van der Waals surface area contributed by atoms with E-state index in [1.54, 1.807) is 0 Å². The molecule has 190 valence electrons. The molecule has 0 saturated carbocycles. The second kappa shape index (κ2) is 13.7. The maximum atomic E-state index is 12.8. The Hall–Kier alpha value is -3.75. The molecule has 1 rings (SSSR count). The average Bonchev–Trinajstić information content (AvgIpc) is 3.27. The highest BCUT2D eigenvalue weighted by Gasteiger charge is 2.32. The first kappa shape index (κ1) is 28.3. The van der Waals surface area contributed by atoms with Crippen LogP contribution in [0.3, 0.4) is 0 Å². The number of hydrogen-bond acceptors (Lipinski definition) is 8. The molecule has 15 heteroatoms. The van der Waals surface area contributed by atoms with Gasteiger partial charge in [-0.05, 0) is 32.2 Å². The van der Waals surface area contributed by atoms with Crippen molar-refractivity contribution in [2.24, 2.45) is 11.5 Å². The largest absolute Gasteiger partial charge is 0.481 e. The van der Waals surface area contributed by atoms with Crippen LogP contribution in [0.1, 0.15) is 44.9 Å². The lowest BCUT2D eigenvalue weighted by molar-refractivity contribution is -0.143. The number of amides is 5. The van der Waals surface area contributed by atoms with Crippen LogP contribution in [0.4, 0.5) is 0 Å².